The summed E-state index contributed by atoms with van der Waals surface area (Å²) in [6.07, 6.45) is 3.30. The molecule has 0 unspecified atom stereocenters. The van der Waals surface area contributed by atoms with Gasteiger partial charge in [-0.1, -0.05) is 34.9 Å². The highest BCUT2D eigenvalue weighted by atomic mass is 16.5. The van der Waals surface area contributed by atoms with Crippen LogP contribution in [0.4, 0.5) is 0 Å². The van der Waals surface area contributed by atoms with Crippen molar-refractivity contribution in [2.24, 2.45) is 5.41 Å². The third kappa shape index (κ3) is 26.7. The van der Waals surface area contributed by atoms with Crippen molar-refractivity contribution in [3.8, 4) is 0 Å². The fourth-order valence-corrected chi connectivity index (χ4v) is 1.74. The molecule has 0 aliphatic rings. The second-order valence-corrected chi connectivity index (χ2v) is 5.42. The average molecular weight is 409 g/mol. The van der Waals surface area contributed by atoms with Gasteiger partial charge in [-0.15, -0.1) is 0 Å². The van der Waals surface area contributed by atoms with Gasteiger partial charge in [-0.05, 0) is 19.4 Å². The molecule has 0 saturated carbocycles. The number of ether oxygens (including phenoxy) is 5. The van der Waals surface area contributed by atoms with Gasteiger partial charge < -0.3 is 23.7 Å². The highest BCUT2D eigenvalue weighted by molar-refractivity contribution is 5.86. The van der Waals surface area contributed by atoms with Crippen molar-refractivity contribution < 1.29 is 33.3 Å². The zero-order valence-electron chi connectivity index (χ0n) is 17.2. The van der Waals surface area contributed by atoms with Crippen LogP contribution in [0.2, 0.25) is 0 Å². The van der Waals surface area contributed by atoms with Crippen LogP contribution in [0, 0.1) is 5.41 Å². The molecule has 7 nitrogen and oxygen atoms in total. The minimum Gasteiger partial charge on any atom is -0.463 e. The Bertz CT molecular complexity index is 338. The molecule has 7 heteroatoms. The largest absolute Gasteiger partial charge is 0.463 e. The minimum atomic E-state index is -0.341. The quantitative estimate of drug-likeness (QED) is 0.360. The molecule has 0 spiro atoms. The lowest BCUT2D eigenvalue weighted by molar-refractivity contribution is -0.137. The van der Waals surface area contributed by atoms with Crippen LogP contribution in [-0.2, 0) is 33.3 Å². The first-order valence-electron chi connectivity index (χ1n) is 8.20. The molecule has 0 aromatic rings. The Morgan fingerprint density at radius 3 is 1.32 bits per heavy atom. The zero-order chi connectivity index (χ0) is 20.8. The lowest BCUT2D eigenvalue weighted by atomic mass is 9.92. The highest BCUT2D eigenvalue weighted by Crippen LogP contribution is 2.19. The van der Waals surface area contributed by atoms with E-state index in [2.05, 4.69) is 17.9 Å². The van der Waals surface area contributed by atoms with Crippen LogP contribution in [0.1, 0.15) is 35.1 Å². The summed E-state index contributed by atoms with van der Waals surface area (Å²) < 4.78 is 25.1. The van der Waals surface area contributed by atoms with Crippen molar-refractivity contribution in [2.45, 2.75) is 35.1 Å². The number of rotatable bonds is 12. The summed E-state index contributed by atoms with van der Waals surface area (Å²) in [5.41, 5.74) is -0.188. The van der Waals surface area contributed by atoms with Gasteiger partial charge in [0.05, 0.1) is 38.4 Å². The molecule has 0 aliphatic carbocycles. The van der Waals surface area contributed by atoms with Crippen molar-refractivity contribution >= 4 is 11.8 Å². The molecule has 0 amide bonds. The van der Waals surface area contributed by atoms with Crippen molar-refractivity contribution in [1.29, 1.82) is 0 Å². The average Bonchev–Trinajstić information content (AvgIpc) is 2.61. The molecule has 0 heterocycles. The Balaban J connectivity index is -0.000000101. The van der Waals surface area contributed by atoms with E-state index in [1.807, 2.05) is 6.92 Å². The van der Waals surface area contributed by atoms with E-state index in [-0.39, 0.29) is 32.0 Å². The van der Waals surface area contributed by atoms with Gasteiger partial charge in [0.25, 0.3) is 0 Å². The Kier molecular flexibility index (Phi) is 36.8. The molecule has 0 atom stereocenters. The Labute approximate surface area is 173 Å². The van der Waals surface area contributed by atoms with Gasteiger partial charge in [0.15, 0.2) is 5.78 Å². The van der Waals surface area contributed by atoms with Crippen LogP contribution >= 0.6 is 0 Å². The van der Waals surface area contributed by atoms with E-state index in [4.69, 9.17) is 18.9 Å². The van der Waals surface area contributed by atoms with E-state index in [0.717, 1.165) is 12.5 Å². The van der Waals surface area contributed by atoms with Crippen LogP contribution in [-0.4, -0.2) is 73.2 Å². The van der Waals surface area contributed by atoms with E-state index < -0.39 is 0 Å². The van der Waals surface area contributed by atoms with E-state index in [9.17, 15) is 9.59 Å². The lowest BCUT2D eigenvalue weighted by Gasteiger charge is -2.30. The summed E-state index contributed by atoms with van der Waals surface area (Å²) in [6, 6.07) is 0. The predicted molar refractivity (Wildman–Crippen MR) is 116 cm³/mol. The van der Waals surface area contributed by atoms with E-state index in [1.165, 1.54) is 13.0 Å². The maximum atomic E-state index is 10.2. The minimum absolute atomic E-state index is 0. The van der Waals surface area contributed by atoms with Crippen molar-refractivity contribution in [1.82, 2.24) is 0 Å². The summed E-state index contributed by atoms with van der Waals surface area (Å²) in [4.78, 5) is 19.9. The zero-order valence-corrected chi connectivity index (χ0v) is 17.2. The number of carbonyl (C=O) groups excluding carboxylic acids is 2. The molecule has 0 bridgehead atoms. The molecule has 0 saturated heterocycles. The molecule has 170 valence electrons. The van der Waals surface area contributed by atoms with Gasteiger partial charge in [-0.3, -0.25) is 4.79 Å². The van der Waals surface area contributed by atoms with Gasteiger partial charge in [0, 0.05) is 34.5 Å². The normalized spacial score (nSPS) is 9.07. The molecular formula is C21H44O7. The van der Waals surface area contributed by atoms with Crippen molar-refractivity contribution in [2.75, 3.05) is 61.5 Å². The SMILES string of the molecule is C.C.C=CC(=O)OCCC.C=CC(C)=O.COCC(COC)(COC)COC. The number of allylic oxidation sites excluding steroid dienone is 1. The Hall–Kier alpha value is -1.54. The van der Waals surface area contributed by atoms with E-state index >= 15 is 0 Å². The number of hydrogen-bond donors (Lipinski definition) is 0. The smallest absolute Gasteiger partial charge is 0.330 e. The Morgan fingerprint density at radius 2 is 1.14 bits per heavy atom. The molecule has 0 aromatic heterocycles. The fraction of sp³-hybridized carbons (Fsp3) is 0.714. The molecule has 0 aromatic carbocycles. The second-order valence-electron chi connectivity index (χ2n) is 5.42. The summed E-state index contributed by atoms with van der Waals surface area (Å²) in [7, 11) is 6.65. The highest BCUT2D eigenvalue weighted by Gasteiger charge is 2.30. The predicted octanol–water partition coefficient (Wildman–Crippen LogP) is 3.72. The first-order valence-corrected chi connectivity index (χ1v) is 8.20. The van der Waals surface area contributed by atoms with Crippen molar-refractivity contribution in [3.63, 3.8) is 0 Å². The van der Waals surface area contributed by atoms with Gasteiger partial charge >= 0.3 is 5.97 Å². The lowest BCUT2D eigenvalue weighted by Crippen LogP contribution is -2.40. The molecule has 0 radical (unpaired) electrons. The maximum absolute atomic E-state index is 10.2. The summed E-state index contributed by atoms with van der Waals surface area (Å²) in [5.74, 6) is -0.322. The van der Waals surface area contributed by atoms with Crippen LogP contribution < -0.4 is 0 Å². The van der Waals surface area contributed by atoms with E-state index in [0.29, 0.717) is 33.0 Å². The Morgan fingerprint density at radius 1 is 0.821 bits per heavy atom. The number of hydrogen-bond acceptors (Lipinski definition) is 7. The summed E-state index contributed by atoms with van der Waals surface area (Å²) in [5, 5.41) is 0. The van der Waals surface area contributed by atoms with Gasteiger partial charge in [-0.25, -0.2) is 4.79 Å². The molecule has 0 N–H and O–H groups in total. The molecule has 0 fully saturated rings. The third-order valence-electron chi connectivity index (χ3n) is 2.70. The van der Waals surface area contributed by atoms with Crippen molar-refractivity contribution in [3.05, 3.63) is 25.3 Å². The third-order valence-corrected chi connectivity index (χ3v) is 2.70. The van der Waals surface area contributed by atoms with Crippen LogP contribution in [0.15, 0.2) is 25.3 Å². The van der Waals surface area contributed by atoms with Gasteiger partial charge in [0.2, 0.25) is 0 Å². The maximum Gasteiger partial charge on any atom is 0.330 e. The van der Waals surface area contributed by atoms with E-state index in [1.54, 1.807) is 28.4 Å². The topological polar surface area (TPSA) is 80.3 Å². The second kappa shape index (κ2) is 27.7. The molecule has 28 heavy (non-hydrogen) atoms. The first kappa shape index (κ1) is 37.2. The summed E-state index contributed by atoms with van der Waals surface area (Å²) in [6.45, 7) is 12.6. The molecule has 0 rings (SSSR count). The number of methoxy groups -OCH3 is 4. The molecule has 0 aliphatic heterocycles. The van der Waals surface area contributed by atoms with Gasteiger partial charge in [0.1, 0.15) is 0 Å². The standard InChI is InChI=1S/C9H20O4.C6H10O2.C4H6O.2CH4/c1-10-5-9(6-11-2,7-12-3)8-13-4;1-3-5-8-6(7)4-2;1-3-4(2)5;;/h5-8H2,1-4H3;4H,2-3,5H2,1H3;3H,1H2,2H3;2*1H4. The fourth-order valence-electron chi connectivity index (χ4n) is 1.74. The van der Waals surface area contributed by atoms with Crippen LogP contribution in [0.3, 0.4) is 0 Å². The van der Waals surface area contributed by atoms with Crippen LogP contribution in [0.5, 0.6) is 0 Å². The monoisotopic (exact) mass is 408 g/mol. The summed E-state index contributed by atoms with van der Waals surface area (Å²) >= 11 is 0. The first-order chi connectivity index (χ1) is 12.3. The number of carbonyl (C=O) groups is 2. The number of ketones is 1. The molecular weight excluding hydrogens is 364 g/mol. The van der Waals surface area contributed by atoms with Gasteiger partial charge in [-0.2, -0.15) is 0 Å². The van der Waals surface area contributed by atoms with Crippen LogP contribution in [0.25, 0.3) is 0 Å². The number of esters is 1.